The zero-order valence-electron chi connectivity index (χ0n) is 16.4. The number of nitrogens with zero attached hydrogens (tertiary/aromatic N) is 2. The molecule has 2 aromatic rings. The van der Waals surface area contributed by atoms with E-state index in [9.17, 15) is 17.6 Å². The van der Waals surface area contributed by atoms with Crippen LogP contribution in [0.25, 0.3) is 0 Å². The SMILES string of the molecule is CC(=O)Nc1ccc(S(=O)(=O)NCC(c2ccsc2)N2CCN(C)CC2)cc1F. The molecule has 0 saturated carbocycles. The van der Waals surface area contributed by atoms with E-state index in [1.54, 1.807) is 11.3 Å². The van der Waals surface area contributed by atoms with Gasteiger partial charge < -0.3 is 10.2 Å². The first kappa shape index (κ1) is 21.8. The zero-order valence-corrected chi connectivity index (χ0v) is 18.0. The van der Waals surface area contributed by atoms with Gasteiger partial charge in [-0.25, -0.2) is 17.5 Å². The number of nitrogens with one attached hydrogen (secondary N) is 2. The molecule has 7 nitrogen and oxygen atoms in total. The van der Waals surface area contributed by atoms with Crippen molar-refractivity contribution in [1.29, 1.82) is 0 Å². The number of halogens is 1. The van der Waals surface area contributed by atoms with E-state index < -0.39 is 21.7 Å². The predicted octanol–water partition coefficient (Wildman–Crippen LogP) is 2.11. The summed E-state index contributed by atoms with van der Waals surface area (Å²) in [6, 6.07) is 5.37. The number of carbonyl (C=O) groups is 1. The molecule has 0 spiro atoms. The van der Waals surface area contributed by atoms with Crippen LogP contribution in [0.15, 0.2) is 39.9 Å². The molecule has 1 fully saturated rings. The van der Waals surface area contributed by atoms with Gasteiger partial charge >= 0.3 is 0 Å². The van der Waals surface area contributed by atoms with E-state index in [2.05, 4.69) is 26.9 Å². The van der Waals surface area contributed by atoms with Crippen molar-refractivity contribution in [3.8, 4) is 0 Å². The van der Waals surface area contributed by atoms with E-state index in [4.69, 9.17) is 0 Å². The summed E-state index contributed by atoms with van der Waals surface area (Å²) in [5.74, 6) is -1.22. The summed E-state index contributed by atoms with van der Waals surface area (Å²) in [6.07, 6.45) is 0. The van der Waals surface area contributed by atoms with Crippen LogP contribution < -0.4 is 10.0 Å². The van der Waals surface area contributed by atoms with Crippen molar-refractivity contribution in [2.24, 2.45) is 0 Å². The Kier molecular flexibility index (Phi) is 7.01. The minimum Gasteiger partial charge on any atom is -0.324 e. The average Bonchev–Trinajstić information content (AvgIpc) is 3.19. The highest BCUT2D eigenvalue weighted by Crippen LogP contribution is 2.25. The Morgan fingerprint density at radius 2 is 1.97 bits per heavy atom. The molecule has 29 heavy (non-hydrogen) atoms. The summed E-state index contributed by atoms with van der Waals surface area (Å²) in [6.45, 7) is 4.98. The minimum atomic E-state index is -3.90. The summed E-state index contributed by atoms with van der Waals surface area (Å²) in [5.41, 5.74) is 1.01. The van der Waals surface area contributed by atoms with Crippen molar-refractivity contribution in [3.63, 3.8) is 0 Å². The van der Waals surface area contributed by atoms with Crippen molar-refractivity contribution in [2.75, 3.05) is 45.1 Å². The van der Waals surface area contributed by atoms with Crippen LogP contribution in [-0.4, -0.2) is 63.9 Å². The average molecular weight is 441 g/mol. The van der Waals surface area contributed by atoms with Gasteiger partial charge in [-0.15, -0.1) is 0 Å². The van der Waals surface area contributed by atoms with E-state index in [0.717, 1.165) is 37.8 Å². The number of amides is 1. The zero-order chi connectivity index (χ0) is 21.0. The predicted molar refractivity (Wildman–Crippen MR) is 112 cm³/mol. The third-order valence-electron chi connectivity index (χ3n) is 4.93. The Balaban J connectivity index is 1.74. The Labute approximate surface area is 174 Å². The van der Waals surface area contributed by atoms with Gasteiger partial charge in [0.2, 0.25) is 15.9 Å². The molecule has 2 N–H and O–H groups in total. The van der Waals surface area contributed by atoms with E-state index >= 15 is 0 Å². The fraction of sp³-hybridized carbons (Fsp3) is 0.421. The summed E-state index contributed by atoms with van der Waals surface area (Å²) in [5, 5.41) is 6.33. The van der Waals surface area contributed by atoms with Gasteiger partial charge in [-0.2, -0.15) is 11.3 Å². The number of anilines is 1. The molecule has 1 aliphatic rings. The molecular formula is C19H25FN4O3S2. The minimum absolute atomic E-state index is 0.0509. The molecule has 10 heteroatoms. The van der Waals surface area contributed by atoms with Gasteiger partial charge in [0.15, 0.2) is 0 Å². The Bertz CT molecular complexity index is 942. The maximum atomic E-state index is 14.2. The molecule has 2 heterocycles. The smallest absolute Gasteiger partial charge is 0.240 e. The number of hydrogen-bond acceptors (Lipinski definition) is 6. The number of hydrogen-bond donors (Lipinski definition) is 2. The largest absolute Gasteiger partial charge is 0.324 e. The van der Waals surface area contributed by atoms with Gasteiger partial charge in [-0.1, -0.05) is 0 Å². The molecule has 3 rings (SSSR count). The van der Waals surface area contributed by atoms with E-state index in [1.165, 1.54) is 19.1 Å². The van der Waals surface area contributed by atoms with Gasteiger partial charge in [-0.3, -0.25) is 9.69 Å². The summed E-state index contributed by atoms with van der Waals surface area (Å²) in [7, 11) is -1.83. The van der Waals surface area contributed by atoms with Gasteiger partial charge in [0, 0.05) is 45.7 Å². The van der Waals surface area contributed by atoms with Crippen LogP contribution in [0.5, 0.6) is 0 Å². The second kappa shape index (κ2) is 9.31. The van der Waals surface area contributed by atoms with Crippen molar-refractivity contribution in [3.05, 3.63) is 46.4 Å². The number of carbonyl (C=O) groups excluding carboxylic acids is 1. The highest BCUT2D eigenvalue weighted by Gasteiger charge is 2.26. The highest BCUT2D eigenvalue weighted by atomic mass is 32.2. The second-order valence-electron chi connectivity index (χ2n) is 7.09. The van der Waals surface area contributed by atoms with E-state index in [0.29, 0.717) is 0 Å². The molecule has 0 aliphatic carbocycles. The molecular weight excluding hydrogens is 415 g/mol. The van der Waals surface area contributed by atoms with Crippen LogP contribution in [-0.2, 0) is 14.8 Å². The fourth-order valence-corrected chi connectivity index (χ4v) is 5.04. The van der Waals surface area contributed by atoms with Crippen molar-refractivity contribution in [2.45, 2.75) is 17.9 Å². The standard InChI is InChI=1S/C19H25FN4O3S2/c1-14(25)22-18-4-3-16(11-17(18)20)29(26,27)21-12-19(15-5-10-28-13-15)24-8-6-23(2)7-9-24/h3-5,10-11,13,19,21H,6-9,12H2,1-2H3,(H,22,25). The van der Waals surface area contributed by atoms with Crippen LogP contribution in [0, 0.1) is 5.82 Å². The molecule has 1 unspecified atom stereocenters. The van der Waals surface area contributed by atoms with Crippen LogP contribution >= 0.6 is 11.3 Å². The molecule has 1 aromatic carbocycles. The second-order valence-corrected chi connectivity index (χ2v) is 9.63. The van der Waals surface area contributed by atoms with Crippen LogP contribution in [0.1, 0.15) is 18.5 Å². The number of sulfonamides is 1. The molecule has 158 valence electrons. The summed E-state index contributed by atoms with van der Waals surface area (Å²) >= 11 is 1.57. The first-order chi connectivity index (χ1) is 13.8. The topological polar surface area (TPSA) is 81.7 Å². The van der Waals surface area contributed by atoms with Gasteiger partial charge in [0.05, 0.1) is 10.6 Å². The van der Waals surface area contributed by atoms with Gasteiger partial charge in [0.25, 0.3) is 0 Å². The Morgan fingerprint density at radius 3 is 2.55 bits per heavy atom. The molecule has 1 aromatic heterocycles. The van der Waals surface area contributed by atoms with Crippen LogP contribution in [0.3, 0.4) is 0 Å². The third-order valence-corrected chi connectivity index (χ3v) is 7.06. The monoisotopic (exact) mass is 440 g/mol. The van der Waals surface area contributed by atoms with Crippen molar-refractivity contribution in [1.82, 2.24) is 14.5 Å². The number of piperazine rings is 1. The lowest BCUT2D eigenvalue weighted by atomic mass is 10.1. The quantitative estimate of drug-likeness (QED) is 0.689. The van der Waals surface area contributed by atoms with Crippen molar-refractivity contribution >= 4 is 33.0 Å². The first-order valence-electron chi connectivity index (χ1n) is 9.28. The fourth-order valence-electron chi connectivity index (χ4n) is 3.28. The van der Waals surface area contributed by atoms with E-state index in [1.807, 2.05) is 16.8 Å². The third kappa shape index (κ3) is 5.61. The maximum Gasteiger partial charge on any atom is 0.240 e. The molecule has 1 amide bonds. The van der Waals surface area contributed by atoms with Crippen molar-refractivity contribution < 1.29 is 17.6 Å². The Hall–Kier alpha value is -1.85. The van der Waals surface area contributed by atoms with Crippen LogP contribution in [0.4, 0.5) is 10.1 Å². The first-order valence-corrected chi connectivity index (χ1v) is 11.7. The lowest BCUT2D eigenvalue weighted by Gasteiger charge is -2.37. The molecule has 1 saturated heterocycles. The lowest BCUT2D eigenvalue weighted by molar-refractivity contribution is -0.114. The van der Waals surface area contributed by atoms with Gasteiger partial charge in [0.1, 0.15) is 5.82 Å². The normalized spacial score (nSPS) is 17.2. The molecule has 0 radical (unpaired) electrons. The number of likely N-dealkylation sites (N-methyl/N-ethyl adjacent to an activating group) is 1. The summed E-state index contributed by atoms with van der Waals surface area (Å²) in [4.78, 5) is 15.4. The number of rotatable bonds is 7. The summed E-state index contributed by atoms with van der Waals surface area (Å²) < 4.78 is 42.3. The lowest BCUT2D eigenvalue weighted by Crippen LogP contribution is -2.48. The van der Waals surface area contributed by atoms with Crippen LogP contribution in [0.2, 0.25) is 0 Å². The number of benzene rings is 1. The molecule has 1 atom stereocenters. The number of thiophene rings is 1. The van der Waals surface area contributed by atoms with Gasteiger partial charge in [-0.05, 0) is 47.6 Å². The Morgan fingerprint density at radius 1 is 1.24 bits per heavy atom. The highest BCUT2D eigenvalue weighted by molar-refractivity contribution is 7.89. The molecule has 0 bridgehead atoms. The molecule has 1 aliphatic heterocycles. The maximum absolute atomic E-state index is 14.2. The van der Waals surface area contributed by atoms with E-state index in [-0.39, 0.29) is 23.2 Å².